The number of hydrogen-bond donors (Lipinski definition) is 0. The maximum Gasteiger partial charge on any atom is 0.209 e. The Morgan fingerprint density at radius 1 is 1.58 bits per heavy atom. The van der Waals surface area contributed by atoms with Gasteiger partial charge in [-0.1, -0.05) is 23.7 Å². The lowest BCUT2D eigenvalue weighted by Crippen LogP contribution is -1.97. The van der Waals surface area contributed by atoms with Crippen LogP contribution in [-0.4, -0.2) is 5.78 Å². The van der Waals surface area contributed by atoms with Crippen LogP contribution in [-0.2, 0) is 11.2 Å². The Morgan fingerprint density at radius 3 is 2.92 bits per heavy atom. The molecule has 0 aliphatic carbocycles. The molecule has 2 heteroatoms. The van der Waals surface area contributed by atoms with Gasteiger partial charge in [0.2, 0.25) is 5.78 Å². The van der Waals surface area contributed by atoms with Crippen LogP contribution in [0.3, 0.4) is 0 Å². The first-order valence-corrected chi connectivity index (χ1v) is 3.84. The second-order valence-electron chi connectivity index (χ2n) is 2.37. The third-order valence-corrected chi connectivity index (χ3v) is 1.65. The second-order valence-corrected chi connectivity index (χ2v) is 2.81. The average Bonchev–Trinajstić information content (AvgIpc) is 2.04. The van der Waals surface area contributed by atoms with Gasteiger partial charge in [-0.2, -0.15) is 0 Å². The van der Waals surface area contributed by atoms with Crippen molar-refractivity contribution in [3.8, 4) is 12.3 Å². The van der Waals surface area contributed by atoms with E-state index in [2.05, 4.69) is 5.92 Å². The molecular weight excluding hydrogens is 172 g/mol. The Hall–Kier alpha value is -1.26. The van der Waals surface area contributed by atoms with Crippen LogP contribution in [0.1, 0.15) is 5.56 Å². The molecule has 0 saturated heterocycles. The van der Waals surface area contributed by atoms with Crippen LogP contribution in [0.2, 0.25) is 5.02 Å². The topological polar surface area (TPSA) is 17.1 Å². The highest BCUT2D eigenvalue weighted by molar-refractivity contribution is 6.30. The van der Waals surface area contributed by atoms with Gasteiger partial charge in [0.25, 0.3) is 0 Å². The average molecular weight is 179 g/mol. The highest BCUT2D eigenvalue weighted by atomic mass is 35.5. The van der Waals surface area contributed by atoms with Gasteiger partial charge in [-0.25, -0.2) is 0 Å². The van der Waals surface area contributed by atoms with E-state index in [4.69, 9.17) is 18.0 Å². The van der Waals surface area contributed by atoms with Crippen molar-refractivity contribution in [3.63, 3.8) is 0 Å². The van der Waals surface area contributed by atoms with Crippen molar-refractivity contribution in [1.29, 1.82) is 0 Å². The van der Waals surface area contributed by atoms with E-state index in [1.165, 1.54) is 0 Å². The monoisotopic (exact) mass is 178 g/mol. The summed E-state index contributed by atoms with van der Waals surface area (Å²) in [5.74, 6) is 1.83. The molecule has 1 rings (SSSR count). The van der Waals surface area contributed by atoms with Gasteiger partial charge in [0.1, 0.15) is 0 Å². The molecule has 0 fully saturated rings. The Bertz CT molecular complexity index is 336. The van der Waals surface area contributed by atoms with Gasteiger partial charge in [0.15, 0.2) is 0 Å². The first-order valence-electron chi connectivity index (χ1n) is 3.46. The van der Waals surface area contributed by atoms with Crippen LogP contribution in [0, 0.1) is 12.3 Å². The number of benzene rings is 1. The van der Waals surface area contributed by atoms with Crippen LogP contribution >= 0.6 is 11.6 Å². The maximum absolute atomic E-state index is 10.8. The standard InChI is InChI=1S/C10H7ClO/c1-2-10(12)7-8-4-3-5-9(11)6-8/h1,3-6H,7H2. The minimum absolute atomic E-state index is 0.225. The van der Waals surface area contributed by atoms with Gasteiger partial charge in [-0.15, -0.1) is 6.42 Å². The summed E-state index contributed by atoms with van der Waals surface area (Å²) in [5, 5.41) is 0.623. The highest BCUT2D eigenvalue weighted by Crippen LogP contribution is 2.10. The first-order chi connectivity index (χ1) is 5.72. The number of halogens is 1. The molecular formula is C10H7ClO. The van der Waals surface area contributed by atoms with E-state index in [9.17, 15) is 4.79 Å². The lowest BCUT2D eigenvalue weighted by Gasteiger charge is -1.96. The fourth-order valence-corrected chi connectivity index (χ4v) is 1.10. The third-order valence-electron chi connectivity index (χ3n) is 1.41. The quantitative estimate of drug-likeness (QED) is 0.501. The fraction of sp³-hybridized carbons (Fsp3) is 0.100. The van der Waals surface area contributed by atoms with Crippen molar-refractivity contribution in [3.05, 3.63) is 34.9 Å². The normalized spacial score (nSPS) is 9.00. The van der Waals surface area contributed by atoms with Crippen molar-refractivity contribution in [2.75, 3.05) is 0 Å². The van der Waals surface area contributed by atoms with Crippen LogP contribution in [0.15, 0.2) is 24.3 Å². The van der Waals surface area contributed by atoms with E-state index in [-0.39, 0.29) is 12.2 Å². The minimum atomic E-state index is -0.225. The van der Waals surface area contributed by atoms with Crippen LogP contribution in [0.25, 0.3) is 0 Å². The SMILES string of the molecule is C#CC(=O)Cc1cccc(Cl)c1. The van der Waals surface area contributed by atoms with Gasteiger partial charge in [0.05, 0.1) is 0 Å². The van der Waals surface area contributed by atoms with E-state index in [0.717, 1.165) is 5.56 Å². The first kappa shape index (κ1) is 8.83. The van der Waals surface area contributed by atoms with Crippen molar-refractivity contribution >= 4 is 17.4 Å². The molecule has 12 heavy (non-hydrogen) atoms. The molecule has 1 nitrogen and oxygen atoms in total. The molecule has 0 saturated carbocycles. The predicted molar refractivity (Wildman–Crippen MR) is 49.0 cm³/mol. The molecule has 0 unspecified atom stereocenters. The number of carbonyl (C=O) groups is 1. The molecule has 0 aromatic heterocycles. The molecule has 0 N–H and O–H groups in total. The number of hydrogen-bond acceptors (Lipinski definition) is 1. The van der Waals surface area contributed by atoms with Crippen molar-refractivity contribution in [2.24, 2.45) is 0 Å². The smallest absolute Gasteiger partial charge is 0.209 e. The molecule has 0 heterocycles. The summed E-state index contributed by atoms with van der Waals surface area (Å²) >= 11 is 5.71. The zero-order valence-corrected chi connectivity index (χ0v) is 7.14. The van der Waals surface area contributed by atoms with E-state index >= 15 is 0 Å². The number of ketones is 1. The van der Waals surface area contributed by atoms with E-state index in [0.29, 0.717) is 5.02 Å². The Kier molecular flexibility index (Phi) is 2.90. The summed E-state index contributed by atoms with van der Waals surface area (Å²) in [7, 11) is 0. The van der Waals surface area contributed by atoms with Gasteiger partial charge in [0, 0.05) is 11.4 Å². The third kappa shape index (κ3) is 2.41. The summed E-state index contributed by atoms with van der Waals surface area (Å²) in [5.41, 5.74) is 0.852. The van der Waals surface area contributed by atoms with Gasteiger partial charge in [-0.05, 0) is 23.6 Å². The Balaban J connectivity index is 2.78. The number of carbonyl (C=O) groups excluding carboxylic acids is 1. The van der Waals surface area contributed by atoms with Crippen LogP contribution in [0.4, 0.5) is 0 Å². The minimum Gasteiger partial charge on any atom is -0.285 e. The van der Waals surface area contributed by atoms with Gasteiger partial charge < -0.3 is 0 Å². The molecule has 1 aromatic rings. The summed E-state index contributed by atoms with van der Waals surface area (Å²) in [4.78, 5) is 10.8. The van der Waals surface area contributed by atoms with Crippen LogP contribution in [0.5, 0.6) is 0 Å². The number of terminal acetylenes is 1. The predicted octanol–water partition coefficient (Wildman–Crippen LogP) is 2.08. The molecule has 60 valence electrons. The number of Topliss-reactive ketones (excluding diaryl/α,β-unsaturated/α-hetero) is 1. The molecule has 0 spiro atoms. The molecule has 0 radical (unpaired) electrons. The maximum atomic E-state index is 10.8. The highest BCUT2D eigenvalue weighted by Gasteiger charge is 1.99. The largest absolute Gasteiger partial charge is 0.285 e. The van der Waals surface area contributed by atoms with Crippen LogP contribution < -0.4 is 0 Å². The summed E-state index contributed by atoms with van der Waals surface area (Å²) < 4.78 is 0. The molecule has 0 aliphatic heterocycles. The zero-order chi connectivity index (χ0) is 8.97. The van der Waals surface area contributed by atoms with E-state index < -0.39 is 0 Å². The lowest BCUT2D eigenvalue weighted by molar-refractivity contribution is -0.113. The van der Waals surface area contributed by atoms with Crippen molar-refractivity contribution < 1.29 is 4.79 Å². The summed E-state index contributed by atoms with van der Waals surface area (Å²) in [6, 6.07) is 7.10. The van der Waals surface area contributed by atoms with E-state index in [1.807, 2.05) is 6.07 Å². The molecule has 1 aromatic carbocycles. The lowest BCUT2D eigenvalue weighted by atomic mass is 10.1. The molecule has 0 amide bonds. The second kappa shape index (κ2) is 3.94. The summed E-state index contributed by atoms with van der Waals surface area (Å²) in [6.45, 7) is 0. The van der Waals surface area contributed by atoms with Crippen molar-refractivity contribution in [1.82, 2.24) is 0 Å². The molecule has 0 atom stereocenters. The zero-order valence-electron chi connectivity index (χ0n) is 6.38. The van der Waals surface area contributed by atoms with Gasteiger partial charge >= 0.3 is 0 Å². The van der Waals surface area contributed by atoms with E-state index in [1.54, 1.807) is 18.2 Å². The Labute approximate surface area is 76.4 Å². The van der Waals surface area contributed by atoms with Gasteiger partial charge in [-0.3, -0.25) is 4.79 Å². The number of rotatable bonds is 2. The molecule has 0 bridgehead atoms. The molecule has 0 aliphatic rings. The fourth-order valence-electron chi connectivity index (χ4n) is 0.883. The Morgan fingerprint density at radius 2 is 2.33 bits per heavy atom. The van der Waals surface area contributed by atoms with Crippen molar-refractivity contribution in [2.45, 2.75) is 6.42 Å². The summed E-state index contributed by atoms with van der Waals surface area (Å²) in [6.07, 6.45) is 5.19.